The van der Waals surface area contributed by atoms with E-state index in [1.165, 1.54) is 31.2 Å². The van der Waals surface area contributed by atoms with Crippen molar-refractivity contribution in [1.29, 1.82) is 0 Å². The van der Waals surface area contributed by atoms with Gasteiger partial charge in [0.15, 0.2) is 0 Å². The lowest BCUT2D eigenvalue weighted by Crippen LogP contribution is -2.28. The van der Waals surface area contributed by atoms with Crippen LogP contribution in [-0.2, 0) is 14.3 Å². The van der Waals surface area contributed by atoms with E-state index in [2.05, 4.69) is 4.74 Å². The van der Waals surface area contributed by atoms with E-state index in [-0.39, 0.29) is 17.7 Å². The third-order valence-corrected chi connectivity index (χ3v) is 2.71. The van der Waals surface area contributed by atoms with Gasteiger partial charge in [0.1, 0.15) is 11.5 Å². The van der Waals surface area contributed by atoms with Crippen LogP contribution in [0, 0.1) is 0 Å². The molecule has 4 nitrogen and oxygen atoms in total. The first-order valence-corrected chi connectivity index (χ1v) is 6.94. The van der Waals surface area contributed by atoms with Crippen LogP contribution >= 0.6 is 0 Å². The number of alkyl halides is 2. The summed E-state index contributed by atoms with van der Waals surface area (Å²) in [4.78, 5) is 24.0. The third kappa shape index (κ3) is 4.79. The summed E-state index contributed by atoms with van der Waals surface area (Å²) in [6, 6.07) is 5.68. The molecule has 0 saturated carbocycles. The number of hydrogen-bond donors (Lipinski definition) is 0. The maximum atomic E-state index is 13.3. The Balaban J connectivity index is 3.23. The molecule has 6 heteroatoms. The fourth-order valence-electron chi connectivity index (χ4n) is 1.88. The second-order valence-electron chi connectivity index (χ2n) is 5.65. The van der Waals surface area contributed by atoms with Crippen LogP contribution in [0.4, 0.5) is 8.78 Å². The number of hydrogen-bond acceptors (Lipinski definition) is 4. The summed E-state index contributed by atoms with van der Waals surface area (Å²) >= 11 is 0. The van der Waals surface area contributed by atoms with Gasteiger partial charge in [-0.3, -0.25) is 4.79 Å². The summed E-state index contributed by atoms with van der Waals surface area (Å²) in [5.74, 6) is -3.63. The SMILES string of the molecule is CCOC(=O)C(c1ccccc1C(=O)OC(C)(C)C)C(F)F. The van der Waals surface area contributed by atoms with Crippen molar-refractivity contribution in [3.05, 3.63) is 35.4 Å². The number of ether oxygens (including phenoxy) is 2. The molecule has 1 aromatic rings. The van der Waals surface area contributed by atoms with Crippen LogP contribution in [0.1, 0.15) is 49.5 Å². The van der Waals surface area contributed by atoms with Gasteiger partial charge >= 0.3 is 11.9 Å². The topological polar surface area (TPSA) is 52.6 Å². The quantitative estimate of drug-likeness (QED) is 0.780. The summed E-state index contributed by atoms with van der Waals surface area (Å²) in [7, 11) is 0. The molecule has 0 aromatic heterocycles. The summed E-state index contributed by atoms with van der Waals surface area (Å²) in [5.41, 5.74) is -0.921. The highest BCUT2D eigenvalue weighted by atomic mass is 19.3. The van der Waals surface area contributed by atoms with E-state index in [0.717, 1.165) is 0 Å². The van der Waals surface area contributed by atoms with Gasteiger partial charge in [-0.05, 0) is 39.3 Å². The Kier molecular flexibility index (Phi) is 6.02. The van der Waals surface area contributed by atoms with Gasteiger partial charge in [-0.1, -0.05) is 18.2 Å². The van der Waals surface area contributed by atoms with Gasteiger partial charge in [0.05, 0.1) is 12.2 Å². The summed E-state index contributed by atoms with van der Waals surface area (Å²) in [6.45, 7) is 6.52. The summed E-state index contributed by atoms with van der Waals surface area (Å²) in [6.07, 6.45) is -2.98. The second-order valence-corrected chi connectivity index (χ2v) is 5.65. The van der Waals surface area contributed by atoms with Gasteiger partial charge in [-0.25, -0.2) is 13.6 Å². The van der Waals surface area contributed by atoms with E-state index < -0.39 is 29.9 Å². The number of benzene rings is 1. The number of halogens is 2. The molecule has 0 aliphatic rings. The van der Waals surface area contributed by atoms with Crippen LogP contribution in [0.25, 0.3) is 0 Å². The predicted octanol–water partition coefficient (Wildman–Crippen LogP) is 3.55. The maximum absolute atomic E-state index is 13.3. The first kappa shape index (κ1) is 18.1. The molecule has 0 saturated heterocycles. The zero-order valence-electron chi connectivity index (χ0n) is 13.1. The molecule has 1 rings (SSSR count). The van der Waals surface area contributed by atoms with Gasteiger partial charge in [0.25, 0.3) is 6.43 Å². The van der Waals surface area contributed by atoms with Crippen LogP contribution < -0.4 is 0 Å². The molecule has 0 fully saturated rings. The standard InChI is InChI=1S/C16H20F2O4/c1-5-21-15(20)12(13(17)18)10-8-6-7-9-11(10)14(19)22-16(2,3)4/h6-9,12-13H,5H2,1-4H3. The van der Waals surface area contributed by atoms with E-state index in [4.69, 9.17) is 4.74 Å². The van der Waals surface area contributed by atoms with Gasteiger partial charge in [-0.2, -0.15) is 0 Å². The Morgan fingerprint density at radius 2 is 1.77 bits per heavy atom. The molecule has 1 atom stereocenters. The predicted molar refractivity (Wildman–Crippen MR) is 77.0 cm³/mol. The Hall–Kier alpha value is -1.98. The van der Waals surface area contributed by atoms with Crippen LogP contribution in [0.2, 0.25) is 0 Å². The van der Waals surface area contributed by atoms with Crippen LogP contribution in [0.5, 0.6) is 0 Å². The molecular formula is C16H20F2O4. The molecule has 0 aliphatic carbocycles. The highest BCUT2D eigenvalue weighted by Gasteiger charge is 2.35. The Morgan fingerprint density at radius 1 is 1.18 bits per heavy atom. The third-order valence-electron chi connectivity index (χ3n) is 2.71. The lowest BCUT2D eigenvalue weighted by atomic mass is 9.94. The Bertz CT molecular complexity index is 535. The lowest BCUT2D eigenvalue weighted by Gasteiger charge is -2.22. The molecular weight excluding hydrogens is 294 g/mol. The van der Waals surface area contributed by atoms with Crippen LogP contribution in [0.15, 0.2) is 24.3 Å². The highest BCUT2D eigenvalue weighted by molar-refractivity contribution is 5.94. The van der Waals surface area contributed by atoms with E-state index >= 15 is 0 Å². The van der Waals surface area contributed by atoms with E-state index in [0.29, 0.717) is 0 Å². The monoisotopic (exact) mass is 314 g/mol. The zero-order chi connectivity index (χ0) is 16.9. The van der Waals surface area contributed by atoms with Crippen LogP contribution in [-0.4, -0.2) is 30.6 Å². The number of carbonyl (C=O) groups is 2. The summed E-state index contributed by atoms with van der Waals surface area (Å²) in [5, 5.41) is 0. The van der Waals surface area contributed by atoms with Crippen molar-refractivity contribution in [2.24, 2.45) is 0 Å². The minimum absolute atomic E-state index is 0.0172. The first-order chi connectivity index (χ1) is 10.2. The van der Waals surface area contributed by atoms with Crippen molar-refractivity contribution in [3.63, 3.8) is 0 Å². The molecule has 0 spiro atoms. The molecule has 0 amide bonds. The van der Waals surface area contributed by atoms with Gasteiger partial charge < -0.3 is 9.47 Å². The van der Waals surface area contributed by atoms with Crippen molar-refractivity contribution >= 4 is 11.9 Å². The van der Waals surface area contributed by atoms with Gasteiger partial charge in [0, 0.05) is 0 Å². The molecule has 22 heavy (non-hydrogen) atoms. The average molecular weight is 314 g/mol. The van der Waals surface area contributed by atoms with Gasteiger partial charge in [0.2, 0.25) is 0 Å². The number of carbonyl (C=O) groups excluding carboxylic acids is 2. The second kappa shape index (κ2) is 7.33. The summed E-state index contributed by atoms with van der Waals surface area (Å²) < 4.78 is 36.5. The minimum Gasteiger partial charge on any atom is -0.465 e. The minimum atomic E-state index is -2.98. The fourth-order valence-corrected chi connectivity index (χ4v) is 1.88. The zero-order valence-corrected chi connectivity index (χ0v) is 13.1. The lowest BCUT2D eigenvalue weighted by molar-refractivity contribution is -0.148. The van der Waals surface area contributed by atoms with Crippen molar-refractivity contribution in [2.45, 2.75) is 45.6 Å². The number of esters is 2. The van der Waals surface area contributed by atoms with Crippen molar-refractivity contribution < 1.29 is 27.8 Å². The normalized spacial score (nSPS) is 12.9. The first-order valence-electron chi connectivity index (χ1n) is 6.94. The molecule has 0 aliphatic heterocycles. The van der Waals surface area contributed by atoms with Crippen molar-refractivity contribution in [3.8, 4) is 0 Å². The molecule has 0 bridgehead atoms. The molecule has 0 heterocycles. The van der Waals surface area contributed by atoms with Gasteiger partial charge in [-0.15, -0.1) is 0 Å². The molecule has 122 valence electrons. The Morgan fingerprint density at radius 3 is 2.27 bits per heavy atom. The van der Waals surface area contributed by atoms with Crippen LogP contribution in [0.3, 0.4) is 0 Å². The molecule has 0 radical (unpaired) electrons. The molecule has 0 N–H and O–H groups in total. The Labute approximate surface area is 128 Å². The van der Waals surface area contributed by atoms with E-state index in [1.54, 1.807) is 20.8 Å². The molecule has 1 unspecified atom stereocenters. The maximum Gasteiger partial charge on any atom is 0.338 e. The largest absolute Gasteiger partial charge is 0.465 e. The van der Waals surface area contributed by atoms with E-state index in [9.17, 15) is 18.4 Å². The van der Waals surface area contributed by atoms with Crippen molar-refractivity contribution in [1.82, 2.24) is 0 Å². The molecule has 1 aromatic carbocycles. The highest BCUT2D eigenvalue weighted by Crippen LogP contribution is 2.29. The number of rotatable bonds is 5. The fraction of sp³-hybridized carbons (Fsp3) is 0.500. The smallest absolute Gasteiger partial charge is 0.338 e. The average Bonchev–Trinajstić information content (AvgIpc) is 2.37. The van der Waals surface area contributed by atoms with E-state index in [1.807, 2.05) is 0 Å². The van der Waals surface area contributed by atoms with Crippen molar-refractivity contribution in [2.75, 3.05) is 6.61 Å².